The highest BCUT2D eigenvalue weighted by atomic mass is 16.4. The maximum atomic E-state index is 11.8. The molecule has 7 heteroatoms. The predicted molar refractivity (Wildman–Crippen MR) is 62.1 cm³/mol. The number of carbonyl (C=O) groups excluding carboxylic acids is 1. The van der Waals surface area contributed by atoms with Crippen molar-refractivity contribution in [3.05, 3.63) is 0 Å². The van der Waals surface area contributed by atoms with Gasteiger partial charge in [0.15, 0.2) is 0 Å². The van der Waals surface area contributed by atoms with E-state index in [9.17, 15) is 14.4 Å². The van der Waals surface area contributed by atoms with Gasteiger partial charge in [-0.2, -0.15) is 0 Å². The van der Waals surface area contributed by atoms with Crippen LogP contribution in [0.25, 0.3) is 0 Å². The second-order valence-corrected chi connectivity index (χ2v) is 4.33. The molecule has 0 aliphatic carbocycles. The van der Waals surface area contributed by atoms with Crippen LogP contribution in [0.3, 0.4) is 0 Å². The van der Waals surface area contributed by atoms with Crippen molar-refractivity contribution in [2.75, 3.05) is 6.54 Å². The summed E-state index contributed by atoms with van der Waals surface area (Å²) in [4.78, 5) is 33.1. The zero-order valence-electron chi connectivity index (χ0n) is 10.0. The molecule has 1 aliphatic rings. The Balaban J connectivity index is 2.46. The highest BCUT2D eigenvalue weighted by Gasteiger charge is 2.26. The van der Waals surface area contributed by atoms with Crippen LogP contribution in [0, 0.1) is 0 Å². The summed E-state index contributed by atoms with van der Waals surface area (Å²) in [5.74, 6) is -2.65. The van der Waals surface area contributed by atoms with Gasteiger partial charge in [-0.15, -0.1) is 0 Å². The SMILES string of the molecule is O=C(O)CC[C@H](NC(=O)[C@@H]1CCCCN1)C(=O)O. The molecular formula is C11H18N2O5. The summed E-state index contributed by atoms with van der Waals surface area (Å²) < 4.78 is 0. The molecule has 2 atom stereocenters. The smallest absolute Gasteiger partial charge is 0.326 e. The third-order valence-corrected chi connectivity index (χ3v) is 2.89. The van der Waals surface area contributed by atoms with Gasteiger partial charge in [-0.05, 0) is 25.8 Å². The molecule has 102 valence electrons. The number of carboxylic acid groups (broad SMARTS) is 2. The molecule has 7 nitrogen and oxygen atoms in total. The summed E-state index contributed by atoms with van der Waals surface area (Å²) in [6, 6.07) is -1.51. The zero-order valence-corrected chi connectivity index (χ0v) is 10.0. The van der Waals surface area contributed by atoms with Crippen molar-refractivity contribution in [1.29, 1.82) is 0 Å². The Morgan fingerprint density at radius 1 is 1.28 bits per heavy atom. The van der Waals surface area contributed by atoms with Gasteiger partial charge in [0.05, 0.1) is 6.04 Å². The third-order valence-electron chi connectivity index (χ3n) is 2.89. The summed E-state index contributed by atoms with van der Waals surface area (Å²) in [5.41, 5.74) is 0. The number of hydrogen-bond acceptors (Lipinski definition) is 4. The number of aliphatic carboxylic acids is 2. The van der Waals surface area contributed by atoms with Crippen molar-refractivity contribution in [3.8, 4) is 0 Å². The van der Waals surface area contributed by atoms with Gasteiger partial charge in [0.2, 0.25) is 5.91 Å². The number of hydrogen-bond donors (Lipinski definition) is 4. The molecule has 1 aliphatic heterocycles. The van der Waals surface area contributed by atoms with Gasteiger partial charge in [-0.3, -0.25) is 9.59 Å². The third kappa shape index (κ3) is 4.70. The van der Waals surface area contributed by atoms with E-state index in [0.717, 1.165) is 19.4 Å². The Bertz CT molecular complexity index is 325. The average Bonchev–Trinajstić information content (AvgIpc) is 2.34. The Kier molecular flexibility index (Phi) is 5.57. The van der Waals surface area contributed by atoms with E-state index in [1.165, 1.54) is 0 Å². The first kappa shape index (κ1) is 14.4. The Morgan fingerprint density at radius 2 is 2.00 bits per heavy atom. The van der Waals surface area contributed by atoms with Gasteiger partial charge in [0.1, 0.15) is 6.04 Å². The summed E-state index contributed by atoms with van der Waals surface area (Å²) in [5, 5.41) is 22.8. The number of piperidine rings is 1. The van der Waals surface area contributed by atoms with Crippen LogP contribution in [0.15, 0.2) is 0 Å². The van der Waals surface area contributed by atoms with E-state index in [0.29, 0.717) is 6.42 Å². The molecule has 1 amide bonds. The van der Waals surface area contributed by atoms with Crippen molar-refractivity contribution >= 4 is 17.8 Å². The van der Waals surface area contributed by atoms with Crippen LogP contribution < -0.4 is 10.6 Å². The largest absolute Gasteiger partial charge is 0.481 e. The summed E-state index contributed by atoms with van der Waals surface area (Å²) in [7, 11) is 0. The first-order valence-electron chi connectivity index (χ1n) is 5.99. The van der Waals surface area contributed by atoms with Gasteiger partial charge in [0.25, 0.3) is 0 Å². The summed E-state index contributed by atoms with van der Waals surface area (Å²) in [6.45, 7) is 0.741. The van der Waals surface area contributed by atoms with Crippen LogP contribution in [0.5, 0.6) is 0 Å². The van der Waals surface area contributed by atoms with Crippen LogP contribution in [-0.2, 0) is 14.4 Å². The predicted octanol–water partition coefficient (Wildman–Crippen LogP) is -0.437. The van der Waals surface area contributed by atoms with Crippen LogP contribution >= 0.6 is 0 Å². The zero-order chi connectivity index (χ0) is 13.5. The van der Waals surface area contributed by atoms with Crippen molar-refractivity contribution in [1.82, 2.24) is 10.6 Å². The molecular weight excluding hydrogens is 240 g/mol. The van der Waals surface area contributed by atoms with Crippen LogP contribution in [0.1, 0.15) is 32.1 Å². The Labute approximate surface area is 105 Å². The van der Waals surface area contributed by atoms with E-state index < -0.39 is 18.0 Å². The monoisotopic (exact) mass is 258 g/mol. The molecule has 0 aromatic heterocycles. The quantitative estimate of drug-likeness (QED) is 0.513. The van der Waals surface area contributed by atoms with E-state index in [-0.39, 0.29) is 24.8 Å². The van der Waals surface area contributed by atoms with Crippen molar-refractivity contribution in [2.45, 2.75) is 44.2 Å². The number of amides is 1. The minimum Gasteiger partial charge on any atom is -0.481 e. The minimum absolute atomic E-state index is 0.108. The first-order chi connectivity index (χ1) is 8.50. The van der Waals surface area contributed by atoms with E-state index in [1.807, 2.05) is 0 Å². The van der Waals surface area contributed by atoms with Gasteiger partial charge < -0.3 is 20.8 Å². The number of carbonyl (C=O) groups is 3. The van der Waals surface area contributed by atoms with E-state index in [4.69, 9.17) is 10.2 Å². The van der Waals surface area contributed by atoms with Crippen LogP contribution in [0.2, 0.25) is 0 Å². The molecule has 18 heavy (non-hydrogen) atoms. The van der Waals surface area contributed by atoms with Crippen molar-refractivity contribution in [3.63, 3.8) is 0 Å². The molecule has 4 N–H and O–H groups in total. The van der Waals surface area contributed by atoms with E-state index in [1.54, 1.807) is 0 Å². The fraction of sp³-hybridized carbons (Fsp3) is 0.727. The highest BCUT2D eigenvalue weighted by Crippen LogP contribution is 2.08. The van der Waals surface area contributed by atoms with Crippen LogP contribution in [0.4, 0.5) is 0 Å². The topological polar surface area (TPSA) is 116 Å². The van der Waals surface area contributed by atoms with Crippen molar-refractivity contribution in [2.24, 2.45) is 0 Å². The number of carboxylic acids is 2. The molecule has 0 spiro atoms. The lowest BCUT2D eigenvalue weighted by Gasteiger charge is -2.24. The number of rotatable bonds is 6. The van der Waals surface area contributed by atoms with Crippen molar-refractivity contribution < 1.29 is 24.6 Å². The van der Waals surface area contributed by atoms with Gasteiger partial charge in [-0.25, -0.2) is 4.79 Å². The molecule has 0 aromatic carbocycles. The van der Waals surface area contributed by atoms with Gasteiger partial charge >= 0.3 is 11.9 Å². The molecule has 1 fully saturated rings. The first-order valence-corrected chi connectivity index (χ1v) is 5.99. The molecule has 0 saturated carbocycles. The van der Waals surface area contributed by atoms with Gasteiger partial charge in [-0.1, -0.05) is 6.42 Å². The maximum absolute atomic E-state index is 11.8. The normalized spacial score (nSPS) is 21.0. The van der Waals surface area contributed by atoms with Gasteiger partial charge in [0, 0.05) is 6.42 Å². The number of nitrogens with one attached hydrogen (secondary N) is 2. The molecule has 1 saturated heterocycles. The van der Waals surface area contributed by atoms with E-state index in [2.05, 4.69) is 10.6 Å². The Morgan fingerprint density at radius 3 is 2.50 bits per heavy atom. The fourth-order valence-corrected chi connectivity index (χ4v) is 1.87. The highest BCUT2D eigenvalue weighted by molar-refractivity contribution is 5.87. The molecule has 0 aromatic rings. The molecule has 0 unspecified atom stereocenters. The Hall–Kier alpha value is -1.63. The average molecular weight is 258 g/mol. The summed E-state index contributed by atoms with van der Waals surface area (Å²) >= 11 is 0. The minimum atomic E-state index is -1.21. The molecule has 1 heterocycles. The lowest BCUT2D eigenvalue weighted by atomic mass is 10.0. The molecule has 0 radical (unpaired) electrons. The van der Waals surface area contributed by atoms with E-state index >= 15 is 0 Å². The second kappa shape index (κ2) is 6.95. The maximum Gasteiger partial charge on any atom is 0.326 e. The second-order valence-electron chi connectivity index (χ2n) is 4.33. The lowest BCUT2D eigenvalue weighted by Crippen LogP contribution is -2.51. The fourth-order valence-electron chi connectivity index (χ4n) is 1.87. The summed E-state index contributed by atoms with van der Waals surface area (Å²) in [6.07, 6.45) is 2.22. The molecule has 1 rings (SSSR count). The standard InChI is InChI=1S/C11H18N2O5/c14-9(15)5-4-8(11(17)18)13-10(16)7-3-1-2-6-12-7/h7-8,12H,1-6H2,(H,13,16)(H,14,15)(H,17,18)/t7-,8-/m0/s1. The lowest BCUT2D eigenvalue weighted by molar-refractivity contribution is -0.143. The van der Waals surface area contributed by atoms with Crippen LogP contribution in [-0.4, -0.2) is 46.7 Å². The molecule has 0 bridgehead atoms.